The van der Waals surface area contributed by atoms with Crippen LogP contribution in [0.3, 0.4) is 0 Å². The minimum Gasteiger partial charge on any atom is -0.461 e. The molecule has 0 rings (SSSR count). The predicted octanol–water partition coefficient (Wildman–Crippen LogP) is 2.52. The molecule has 4 heteroatoms. The SMILES string of the molecule is CC(C)C[C@H](NC(=O)C(C)(C)C)C(=O)OC(C)C. The van der Waals surface area contributed by atoms with Crippen molar-refractivity contribution in [3.63, 3.8) is 0 Å². The standard InChI is InChI=1S/C14H27NO3/c1-9(2)8-11(12(16)18-10(3)4)15-13(17)14(5,6)7/h9-11H,8H2,1-7H3,(H,15,17)/t11-/m0/s1. The fraction of sp³-hybridized carbons (Fsp3) is 0.857. The Labute approximate surface area is 110 Å². The van der Waals surface area contributed by atoms with Gasteiger partial charge in [0, 0.05) is 5.41 Å². The summed E-state index contributed by atoms with van der Waals surface area (Å²) in [5.74, 6) is -0.167. The molecule has 0 heterocycles. The average Bonchev–Trinajstić information content (AvgIpc) is 2.12. The average molecular weight is 257 g/mol. The first-order chi connectivity index (χ1) is 8.04. The van der Waals surface area contributed by atoms with Gasteiger partial charge in [-0.3, -0.25) is 4.79 Å². The molecule has 0 aromatic carbocycles. The van der Waals surface area contributed by atoms with Crippen molar-refractivity contribution in [3.05, 3.63) is 0 Å². The van der Waals surface area contributed by atoms with E-state index in [2.05, 4.69) is 5.32 Å². The molecule has 0 aliphatic rings. The predicted molar refractivity (Wildman–Crippen MR) is 72.1 cm³/mol. The van der Waals surface area contributed by atoms with Gasteiger partial charge in [-0.25, -0.2) is 4.79 Å². The van der Waals surface area contributed by atoms with Gasteiger partial charge in [0.2, 0.25) is 5.91 Å². The minimum absolute atomic E-state index is 0.131. The lowest BCUT2D eigenvalue weighted by Gasteiger charge is -2.25. The molecule has 1 atom stereocenters. The van der Waals surface area contributed by atoms with Crippen molar-refractivity contribution in [2.75, 3.05) is 0 Å². The number of carbonyl (C=O) groups is 2. The fourth-order valence-corrected chi connectivity index (χ4v) is 1.37. The summed E-state index contributed by atoms with van der Waals surface area (Å²) in [5.41, 5.74) is -0.507. The van der Waals surface area contributed by atoms with E-state index in [4.69, 9.17) is 4.74 Å². The number of amides is 1. The van der Waals surface area contributed by atoms with Gasteiger partial charge in [0.15, 0.2) is 0 Å². The monoisotopic (exact) mass is 257 g/mol. The lowest BCUT2D eigenvalue weighted by Crippen LogP contribution is -2.47. The van der Waals surface area contributed by atoms with E-state index in [1.807, 2.05) is 34.6 Å². The Morgan fingerprint density at radius 2 is 1.61 bits per heavy atom. The molecule has 0 bridgehead atoms. The van der Waals surface area contributed by atoms with E-state index in [1.54, 1.807) is 13.8 Å². The Morgan fingerprint density at radius 1 is 1.11 bits per heavy atom. The second-order valence-electron chi connectivity index (χ2n) is 6.39. The summed E-state index contributed by atoms with van der Waals surface area (Å²) < 4.78 is 5.17. The Bertz CT molecular complexity index is 290. The first-order valence-electron chi connectivity index (χ1n) is 6.55. The topological polar surface area (TPSA) is 55.4 Å². The maximum atomic E-state index is 11.9. The van der Waals surface area contributed by atoms with Crippen molar-refractivity contribution in [3.8, 4) is 0 Å². The number of rotatable bonds is 5. The fourth-order valence-electron chi connectivity index (χ4n) is 1.37. The maximum absolute atomic E-state index is 11.9. The van der Waals surface area contributed by atoms with Crippen molar-refractivity contribution in [1.29, 1.82) is 0 Å². The quantitative estimate of drug-likeness (QED) is 0.770. The molecule has 0 fully saturated rings. The molecule has 0 aliphatic carbocycles. The van der Waals surface area contributed by atoms with Crippen LogP contribution in [0.25, 0.3) is 0 Å². The first-order valence-corrected chi connectivity index (χ1v) is 6.55. The van der Waals surface area contributed by atoms with Crippen LogP contribution in [0.2, 0.25) is 0 Å². The highest BCUT2D eigenvalue weighted by Crippen LogP contribution is 2.15. The summed E-state index contributed by atoms with van der Waals surface area (Å²) in [5, 5.41) is 2.78. The maximum Gasteiger partial charge on any atom is 0.328 e. The molecule has 0 radical (unpaired) electrons. The van der Waals surface area contributed by atoms with Gasteiger partial charge in [-0.2, -0.15) is 0 Å². The van der Waals surface area contributed by atoms with E-state index in [9.17, 15) is 9.59 Å². The van der Waals surface area contributed by atoms with Gasteiger partial charge in [-0.05, 0) is 26.2 Å². The van der Waals surface area contributed by atoms with Crippen LogP contribution in [0.5, 0.6) is 0 Å². The molecule has 0 saturated carbocycles. The lowest BCUT2D eigenvalue weighted by molar-refractivity contribution is -0.152. The Balaban J connectivity index is 4.69. The van der Waals surface area contributed by atoms with Crippen LogP contribution in [0.4, 0.5) is 0 Å². The molecular weight excluding hydrogens is 230 g/mol. The molecular formula is C14H27NO3. The third-order valence-electron chi connectivity index (χ3n) is 2.33. The summed E-state index contributed by atoms with van der Waals surface area (Å²) in [6.45, 7) is 13.1. The number of ether oxygens (including phenoxy) is 1. The van der Waals surface area contributed by atoms with Crippen LogP contribution in [0.15, 0.2) is 0 Å². The Morgan fingerprint density at radius 3 is 1.94 bits per heavy atom. The third kappa shape index (κ3) is 6.62. The summed E-state index contributed by atoms with van der Waals surface area (Å²) >= 11 is 0. The summed E-state index contributed by atoms with van der Waals surface area (Å²) in [6.07, 6.45) is 0.423. The van der Waals surface area contributed by atoms with Gasteiger partial charge < -0.3 is 10.1 Å². The minimum atomic E-state index is -0.556. The second-order valence-corrected chi connectivity index (χ2v) is 6.39. The van der Waals surface area contributed by atoms with E-state index in [1.165, 1.54) is 0 Å². The van der Waals surface area contributed by atoms with Crippen LogP contribution >= 0.6 is 0 Å². The molecule has 0 unspecified atom stereocenters. The molecule has 0 saturated heterocycles. The van der Waals surface area contributed by atoms with E-state index in [0.29, 0.717) is 12.3 Å². The van der Waals surface area contributed by atoms with E-state index >= 15 is 0 Å². The Hall–Kier alpha value is -1.06. The summed E-state index contributed by atoms with van der Waals surface area (Å²) in [6, 6.07) is -0.556. The van der Waals surface area contributed by atoms with Crippen molar-refractivity contribution in [2.24, 2.45) is 11.3 Å². The zero-order chi connectivity index (χ0) is 14.5. The lowest BCUT2D eigenvalue weighted by atomic mass is 9.94. The highest BCUT2D eigenvalue weighted by molar-refractivity contribution is 5.87. The molecule has 4 nitrogen and oxygen atoms in total. The van der Waals surface area contributed by atoms with Gasteiger partial charge in [0.1, 0.15) is 6.04 Å². The van der Waals surface area contributed by atoms with Gasteiger partial charge in [-0.1, -0.05) is 34.6 Å². The number of carbonyl (C=O) groups excluding carboxylic acids is 2. The van der Waals surface area contributed by atoms with E-state index in [-0.39, 0.29) is 18.0 Å². The number of nitrogens with one attached hydrogen (secondary N) is 1. The van der Waals surface area contributed by atoms with Crippen molar-refractivity contribution >= 4 is 11.9 Å². The van der Waals surface area contributed by atoms with Gasteiger partial charge >= 0.3 is 5.97 Å². The van der Waals surface area contributed by atoms with Gasteiger partial charge in [-0.15, -0.1) is 0 Å². The highest BCUT2D eigenvalue weighted by Gasteiger charge is 2.29. The largest absolute Gasteiger partial charge is 0.461 e. The normalized spacial score (nSPS) is 13.6. The van der Waals surface area contributed by atoms with Gasteiger partial charge in [0.25, 0.3) is 0 Å². The molecule has 0 aromatic heterocycles. The van der Waals surface area contributed by atoms with Gasteiger partial charge in [0.05, 0.1) is 6.10 Å². The number of hydrogen-bond acceptors (Lipinski definition) is 3. The number of esters is 1. The molecule has 0 aliphatic heterocycles. The van der Waals surface area contributed by atoms with Crippen LogP contribution in [0, 0.1) is 11.3 Å². The van der Waals surface area contributed by atoms with Crippen molar-refractivity contribution < 1.29 is 14.3 Å². The highest BCUT2D eigenvalue weighted by atomic mass is 16.5. The van der Waals surface area contributed by atoms with Crippen LogP contribution < -0.4 is 5.32 Å². The summed E-state index contributed by atoms with van der Waals surface area (Å²) in [7, 11) is 0. The molecule has 1 amide bonds. The van der Waals surface area contributed by atoms with Crippen LogP contribution in [-0.4, -0.2) is 24.0 Å². The molecule has 1 N–H and O–H groups in total. The zero-order valence-corrected chi connectivity index (χ0v) is 12.7. The van der Waals surface area contributed by atoms with E-state index in [0.717, 1.165) is 0 Å². The molecule has 18 heavy (non-hydrogen) atoms. The number of hydrogen-bond donors (Lipinski definition) is 1. The Kier molecular flexibility index (Phi) is 6.36. The first kappa shape index (κ1) is 16.9. The molecule has 0 aromatic rings. The van der Waals surface area contributed by atoms with Crippen molar-refractivity contribution in [2.45, 2.75) is 67.0 Å². The summed E-state index contributed by atoms with van der Waals surface area (Å²) in [4.78, 5) is 23.8. The smallest absolute Gasteiger partial charge is 0.328 e. The third-order valence-corrected chi connectivity index (χ3v) is 2.33. The second kappa shape index (κ2) is 6.76. The molecule has 0 spiro atoms. The zero-order valence-electron chi connectivity index (χ0n) is 12.7. The van der Waals surface area contributed by atoms with Crippen LogP contribution in [0.1, 0.15) is 54.9 Å². The van der Waals surface area contributed by atoms with E-state index < -0.39 is 11.5 Å². The van der Waals surface area contributed by atoms with Crippen LogP contribution in [-0.2, 0) is 14.3 Å². The molecule has 106 valence electrons. The van der Waals surface area contributed by atoms with Crippen molar-refractivity contribution in [1.82, 2.24) is 5.32 Å².